The largest absolute Gasteiger partial charge is 0.311 e. The number of hydrogen-bond acceptors (Lipinski definition) is 1. The van der Waals surface area contributed by atoms with E-state index < -0.39 is 0 Å². The van der Waals surface area contributed by atoms with Crippen molar-refractivity contribution in [3.05, 3.63) is 0 Å². The van der Waals surface area contributed by atoms with Gasteiger partial charge in [-0.05, 0) is 38.0 Å². The van der Waals surface area contributed by atoms with Crippen LogP contribution in [0, 0.1) is 5.92 Å². The number of unbranched alkanes of at least 4 members (excludes halogenated alkanes) is 4. The Labute approximate surface area is 134 Å². The van der Waals surface area contributed by atoms with Crippen LogP contribution in [0.4, 0.5) is 0 Å². The summed E-state index contributed by atoms with van der Waals surface area (Å²) in [6.45, 7) is 7.02. The van der Waals surface area contributed by atoms with E-state index in [1.807, 2.05) is 0 Å². The number of hydrogen-bond donors (Lipinski definition) is 1. The summed E-state index contributed by atoms with van der Waals surface area (Å²) in [5, 5.41) is 4.09. The zero-order valence-electron chi connectivity index (χ0n) is 15.1. The van der Waals surface area contributed by atoms with Crippen molar-refractivity contribution >= 4 is 0 Å². The first-order chi connectivity index (χ1) is 10.3. The monoisotopic (exact) mass is 295 g/mol. The molecule has 0 saturated heterocycles. The molecule has 1 saturated carbocycles. The average Bonchev–Trinajstić information content (AvgIpc) is 2.53. The zero-order valence-corrected chi connectivity index (χ0v) is 15.1. The number of nitrogens with one attached hydrogen (secondary N) is 1. The first-order valence-electron chi connectivity index (χ1n) is 10.1. The molecule has 0 aromatic rings. The summed E-state index contributed by atoms with van der Waals surface area (Å²) in [5.41, 5.74) is 0. The van der Waals surface area contributed by atoms with E-state index in [9.17, 15) is 0 Å². The zero-order chi connectivity index (χ0) is 15.3. The summed E-state index contributed by atoms with van der Waals surface area (Å²) in [7, 11) is 0. The van der Waals surface area contributed by atoms with Crippen LogP contribution in [0.5, 0.6) is 0 Å². The van der Waals surface area contributed by atoms with Crippen molar-refractivity contribution in [2.45, 2.75) is 123 Å². The highest BCUT2D eigenvalue weighted by molar-refractivity contribution is 4.82. The first-order valence-corrected chi connectivity index (χ1v) is 10.1. The summed E-state index contributed by atoms with van der Waals surface area (Å²) in [6, 6.07) is 1.58. The van der Waals surface area contributed by atoms with E-state index in [1.165, 1.54) is 89.9 Å². The fourth-order valence-corrected chi connectivity index (χ4v) is 4.02. The molecule has 1 rings (SSSR count). The molecule has 21 heavy (non-hydrogen) atoms. The summed E-state index contributed by atoms with van der Waals surface area (Å²) in [6.07, 6.45) is 19.8. The maximum absolute atomic E-state index is 4.09. The quantitative estimate of drug-likeness (QED) is 0.407. The Morgan fingerprint density at radius 2 is 1.38 bits per heavy atom. The molecule has 126 valence electrons. The van der Waals surface area contributed by atoms with Crippen LogP contribution >= 0.6 is 0 Å². The van der Waals surface area contributed by atoms with Crippen LogP contribution in [0.2, 0.25) is 0 Å². The van der Waals surface area contributed by atoms with E-state index in [0.717, 1.165) is 18.0 Å². The fraction of sp³-hybridized carbons (Fsp3) is 1.00. The second kappa shape index (κ2) is 12.5. The lowest BCUT2D eigenvalue weighted by Crippen LogP contribution is -2.43. The Morgan fingerprint density at radius 1 is 0.810 bits per heavy atom. The van der Waals surface area contributed by atoms with Gasteiger partial charge in [-0.15, -0.1) is 0 Å². The molecule has 1 unspecified atom stereocenters. The van der Waals surface area contributed by atoms with Gasteiger partial charge in [-0.1, -0.05) is 78.6 Å². The normalized spacial score (nSPS) is 18.3. The van der Waals surface area contributed by atoms with Gasteiger partial charge in [0.05, 0.1) is 0 Å². The highest BCUT2D eigenvalue weighted by Gasteiger charge is 2.24. The second-order valence-corrected chi connectivity index (χ2v) is 7.27. The molecule has 1 atom stereocenters. The molecule has 0 heterocycles. The molecule has 1 heteroatoms. The van der Waals surface area contributed by atoms with Crippen LogP contribution in [0.15, 0.2) is 0 Å². The van der Waals surface area contributed by atoms with Gasteiger partial charge in [0.2, 0.25) is 0 Å². The lowest BCUT2D eigenvalue weighted by molar-refractivity contribution is 0.234. The highest BCUT2D eigenvalue weighted by Crippen LogP contribution is 2.28. The molecule has 0 amide bonds. The third-order valence-electron chi connectivity index (χ3n) is 5.42. The van der Waals surface area contributed by atoms with Crippen molar-refractivity contribution in [2.75, 3.05) is 0 Å². The molecule has 1 fully saturated rings. The molecule has 0 aliphatic heterocycles. The minimum absolute atomic E-state index is 0.787. The van der Waals surface area contributed by atoms with Crippen LogP contribution in [0.3, 0.4) is 0 Å². The third-order valence-corrected chi connectivity index (χ3v) is 5.42. The molecule has 1 nitrogen and oxygen atoms in total. The summed E-state index contributed by atoms with van der Waals surface area (Å²) in [4.78, 5) is 0. The maximum Gasteiger partial charge on any atom is 0.00952 e. The Morgan fingerprint density at radius 3 is 1.86 bits per heavy atom. The van der Waals surface area contributed by atoms with Crippen molar-refractivity contribution < 1.29 is 0 Å². The van der Waals surface area contributed by atoms with Crippen molar-refractivity contribution in [3.63, 3.8) is 0 Å². The van der Waals surface area contributed by atoms with Gasteiger partial charge in [-0.2, -0.15) is 0 Å². The molecule has 0 radical (unpaired) electrons. The van der Waals surface area contributed by atoms with E-state index in [2.05, 4.69) is 26.1 Å². The highest BCUT2D eigenvalue weighted by atomic mass is 15.0. The first kappa shape index (κ1) is 19.0. The SMILES string of the molecule is CCCCCC(CCCCC)NC(CC)C1CCCCC1. The van der Waals surface area contributed by atoms with Gasteiger partial charge < -0.3 is 5.32 Å². The molecule has 0 aromatic carbocycles. The second-order valence-electron chi connectivity index (χ2n) is 7.27. The third kappa shape index (κ3) is 8.24. The summed E-state index contributed by atoms with van der Waals surface area (Å²) >= 11 is 0. The Balaban J connectivity index is 2.41. The minimum atomic E-state index is 0.787. The minimum Gasteiger partial charge on any atom is -0.311 e. The van der Waals surface area contributed by atoms with Gasteiger partial charge in [0.15, 0.2) is 0 Å². The predicted octanol–water partition coefficient (Wildman–Crippen LogP) is 6.46. The van der Waals surface area contributed by atoms with Gasteiger partial charge in [-0.25, -0.2) is 0 Å². The van der Waals surface area contributed by atoms with Crippen LogP contribution in [0.25, 0.3) is 0 Å². The van der Waals surface area contributed by atoms with E-state index >= 15 is 0 Å². The molecular formula is C20H41N. The maximum atomic E-state index is 4.09. The van der Waals surface area contributed by atoms with Crippen LogP contribution in [-0.2, 0) is 0 Å². The topological polar surface area (TPSA) is 12.0 Å². The average molecular weight is 296 g/mol. The molecule has 1 aliphatic carbocycles. The van der Waals surface area contributed by atoms with Gasteiger partial charge in [0, 0.05) is 12.1 Å². The number of rotatable bonds is 12. The molecule has 0 bridgehead atoms. The van der Waals surface area contributed by atoms with Crippen molar-refractivity contribution in [1.82, 2.24) is 5.32 Å². The fourth-order valence-electron chi connectivity index (χ4n) is 4.02. The van der Waals surface area contributed by atoms with Gasteiger partial charge in [-0.3, -0.25) is 0 Å². The van der Waals surface area contributed by atoms with Gasteiger partial charge >= 0.3 is 0 Å². The van der Waals surface area contributed by atoms with E-state index in [1.54, 1.807) is 0 Å². The van der Waals surface area contributed by atoms with E-state index in [-0.39, 0.29) is 0 Å². The van der Waals surface area contributed by atoms with Crippen LogP contribution in [0.1, 0.15) is 111 Å². The van der Waals surface area contributed by atoms with Gasteiger partial charge in [0.25, 0.3) is 0 Å². The lowest BCUT2D eigenvalue weighted by atomic mass is 9.82. The Kier molecular flexibility index (Phi) is 11.3. The van der Waals surface area contributed by atoms with E-state index in [4.69, 9.17) is 0 Å². The lowest BCUT2D eigenvalue weighted by Gasteiger charge is -2.34. The summed E-state index contributed by atoms with van der Waals surface area (Å²) < 4.78 is 0. The van der Waals surface area contributed by atoms with E-state index in [0.29, 0.717) is 0 Å². The predicted molar refractivity (Wildman–Crippen MR) is 95.9 cm³/mol. The van der Waals surface area contributed by atoms with Crippen LogP contribution < -0.4 is 5.32 Å². The van der Waals surface area contributed by atoms with Crippen molar-refractivity contribution in [1.29, 1.82) is 0 Å². The van der Waals surface area contributed by atoms with Crippen LogP contribution in [-0.4, -0.2) is 12.1 Å². The Hall–Kier alpha value is -0.0400. The summed E-state index contributed by atoms with van der Waals surface area (Å²) in [5.74, 6) is 0.962. The smallest absolute Gasteiger partial charge is 0.00952 e. The molecule has 0 aromatic heterocycles. The molecule has 1 aliphatic rings. The molecule has 1 N–H and O–H groups in total. The van der Waals surface area contributed by atoms with Crippen molar-refractivity contribution in [3.8, 4) is 0 Å². The Bertz CT molecular complexity index is 210. The molecule has 0 spiro atoms. The van der Waals surface area contributed by atoms with Gasteiger partial charge in [0.1, 0.15) is 0 Å². The van der Waals surface area contributed by atoms with Crippen molar-refractivity contribution in [2.24, 2.45) is 5.92 Å². The molecular weight excluding hydrogens is 254 g/mol. The standard InChI is InChI=1S/C20H41N/c1-4-7-10-16-19(17-11-8-5-2)21-20(6-3)18-14-12-9-13-15-18/h18-21H,4-17H2,1-3H3.